The molecule has 11 nitrogen and oxygen atoms in total. The van der Waals surface area contributed by atoms with Crippen molar-refractivity contribution in [1.82, 2.24) is 34.7 Å². The van der Waals surface area contributed by atoms with E-state index >= 15 is 0 Å². The van der Waals surface area contributed by atoms with E-state index in [1.54, 1.807) is 16.9 Å². The van der Waals surface area contributed by atoms with Crippen LogP contribution in [-0.4, -0.2) is 99.0 Å². The van der Waals surface area contributed by atoms with E-state index in [1.165, 1.54) is 0 Å². The van der Waals surface area contributed by atoms with Gasteiger partial charge in [-0.3, -0.25) is 19.2 Å². The second kappa shape index (κ2) is 9.69. The highest BCUT2D eigenvalue weighted by atomic mass is 16.5. The summed E-state index contributed by atoms with van der Waals surface area (Å²) >= 11 is 0. The molecule has 2 aromatic rings. The third-order valence-electron chi connectivity index (χ3n) is 7.59. The van der Waals surface area contributed by atoms with E-state index in [4.69, 9.17) is 9.15 Å². The summed E-state index contributed by atoms with van der Waals surface area (Å²) in [4.78, 5) is 32.0. The summed E-state index contributed by atoms with van der Waals surface area (Å²) in [6.07, 6.45) is 4.37. The molecule has 2 aromatic heterocycles. The standard InChI is InChI=1S/C24H35N7O4/c1-17(2)21-25-26-22(35-21)19-14-24(16-31(19)15-20(32)29-10-12-34-13-11-29)5-8-30(9-6-24)23(33)18-4-7-28(3)27-18/h4,7,17,19H,5-6,8-16H2,1-3H3. The molecule has 0 N–H and O–H groups in total. The molecular weight excluding hydrogens is 450 g/mol. The average molecular weight is 486 g/mol. The Hall–Kier alpha value is -2.79. The summed E-state index contributed by atoms with van der Waals surface area (Å²) in [5, 5.41) is 12.9. The first-order valence-corrected chi connectivity index (χ1v) is 12.6. The van der Waals surface area contributed by atoms with Gasteiger partial charge in [0.05, 0.1) is 25.8 Å². The van der Waals surface area contributed by atoms with Gasteiger partial charge in [-0.2, -0.15) is 5.10 Å². The number of likely N-dealkylation sites (tertiary alicyclic amines) is 2. The molecule has 1 unspecified atom stereocenters. The SMILES string of the molecule is CC(C)c1nnc(C2CC3(CCN(C(=O)c4ccn(C)n4)CC3)CN2CC(=O)N2CCOCC2)o1. The number of carbonyl (C=O) groups excluding carboxylic acids is 2. The van der Waals surface area contributed by atoms with E-state index in [-0.39, 0.29) is 29.2 Å². The lowest BCUT2D eigenvalue weighted by atomic mass is 9.76. The van der Waals surface area contributed by atoms with Crippen molar-refractivity contribution in [1.29, 1.82) is 0 Å². The van der Waals surface area contributed by atoms with Crippen molar-refractivity contribution in [2.45, 2.75) is 45.1 Å². The fourth-order valence-electron chi connectivity index (χ4n) is 5.49. The van der Waals surface area contributed by atoms with Crippen molar-refractivity contribution in [3.8, 4) is 0 Å². The largest absolute Gasteiger partial charge is 0.423 e. The third kappa shape index (κ3) is 4.97. The Morgan fingerprint density at radius 1 is 1.11 bits per heavy atom. The number of hydrogen-bond donors (Lipinski definition) is 0. The highest BCUT2D eigenvalue weighted by Crippen LogP contribution is 2.49. The molecule has 0 bridgehead atoms. The summed E-state index contributed by atoms with van der Waals surface area (Å²) in [5.74, 6) is 1.45. The van der Waals surface area contributed by atoms with Crippen LogP contribution in [0.1, 0.15) is 67.3 Å². The number of nitrogens with zero attached hydrogens (tertiary/aromatic N) is 7. The molecule has 11 heteroatoms. The van der Waals surface area contributed by atoms with E-state index in [9.17, 15) is 9.59 Å². The molecule has 2 amide bonds. The smallest absolute Gasteiger partial charge is 0.274 e. The molecule has 5 rings (SSSR count). The van der Waals surface area contributed by atoms with Gasteiger partial charge in [-0.1, -0.05) is 13.8 Å². The molecule has 0 aromatic carbocycles. The van der Waals surface area contributed by atoms with Crippen LogP contribution in [0.4, 0.5) is 0 Å². The number of piperidine rings is 1. The summed E-state index contributed by atoms with van der Waals surface area (Å²) in [6, 6.07) is 1.66. The Balaban J connectivity index is 1.30. The minimum absolute atomic E-state index is 0.00329. The third-order valence-corrected chi connectivity index (χ3v) is 7.59. The van der Waals surface area contributed by atoms with Crippen molar-refractivity contribution >= 4 is 11.8 Å². The number of hydrogen-bond acceptors (Lipinski definition) is 8. The number of aromatic nitrogens is 4. The number of morpholine rings is 1. The molecule has 0 saturated carbocycles. The summed E-state index contributed by atoms with van der Waals surface area (Å²) in [7, 11) is 1.82. The second-order valence-corrected chi connectivity index (χ2v) is 10.4. The van der Waals surface area contributed by atoms with Gasteiger partial charge < -0.3 is 19.0 Å². The first-order chi connectivity index (χ1) is 16.8. The van der Waals surface area contributed by atoms with Crippen LogP contribution in [0.3, 0.4) is 0 Å². The molecule has 0 radical (unpaired) electrons. The van der Waals surface area contributed by atoms with E-state index in [1.807, 2.05) is 30.7 Å². The predicted octanol–water partition coefficient (Wildman–Crippen LogP) is 1.45. The van der Waals surface area contributed by atoms with Gasteiger partial charge in [0, 0.05) is 51.9 Å². The van der Waals surface area contributed by atoms with Gasteiger partial charge in [0.15, 0.2) is 0 Å². The van der Waals surface area contributed by atoms with Crippen LogP contribution in [0.15, 0.2) is 16.7 Å². The topological polar surface area (TPSA) is 110 Å². The van der Waals surface area contributed by atoms with Crippen LogP contribution in [0.5, 0.6) is 0 Å². The fourth-order valence-corrected chi connectivity index (χ4v) is 5.49. The number of carbonyl (C=O) groups is 2. The van der Waals surface area contributed by atoms with Gasteiger partial charge in [0.1, 0.15) is 5.69 Å². The molecule has 0 aliphatic carbocycles. The Bertz CT molecular complexity index is 1050. The molecule has 3 saturated heterocycles. The molecule has 3 aliphatic heterocycles. The average Bonchev–Trinajstić information content (AvgIpc) is 3.59. The highest BCUT2D eigenvalue weighted by molar-refractivity contribution is 5.92. The van der Waals surface area contributed by atoms with Gasteiger partial charge in [-0.25, -0.2) is 0 Å². The van der Waals surface area contributed by atoms with Crippen LogP contribution in [0, 0.1) is 5.41 Å². The lowest BCUT2D eigenvalue weighted by molar-refractivity contribution is -0.136. The summed E-state index contributed by atoms with van der Waals surface area (Å²) in [5.41, 5.74) is 0.487. The number of amides is 2. The van der Waals surface area contributed by atoms with Crippen molar-refractivity contribution in [2.75, 3.05) is 52.5 Å². The minimum atomic E-state index is -0.0990. The van der Waals surface area contributed by atoms with Gasteiger partial charge in [-0.15, -0.1) is 10.2 Å². The van der Waals surface area contributed by atoms with Gasteiger partial charge in [-0.05, 0) is 30.7 Å². The maximum atomic E-state index is 13.1. The fraction of sp³-hybridized carbons (Fsp3) is 0.708. The van der Waals surface area contributed by atoms with Crippen molar-refractivity contribution in [3.63, 3.8) is 0 Å². The monoisotopic (exact) mass is 485 g/mol. The van der Waals surface area contributed by atoms with E-state index < -0.39 is 0 Å². The highest BCUT2D eigenvalue weighted by Gasteiger charge is 2.49. The van der Waals surface area contributed by atoms with E-state index in [2.05, 4.69) is 20.2 Å². The first-order valence-electron chi connectivity index (χ1n) is 12.6. The molecule has 5 heterocycles. The lowest BCUT2D eigenvalue weighted by Gasteiger charge is -2.39. The zero-order valence-electron chi connectivity index (χ0n) is 20.9. The van der Waals surface area contributed by atoms with Gasteiger partial charge in [0.25, 0.3) is 5.91 Å². The Kier molecular flexibility index (Phi) is 6.63. The maximum Gasteiger partial charge on any atom is 0.274 e. The molecule has 35 heavy (non-hydrogen) atoms. The van der Waals surface area contributed by atoms with Crippen molar-refractivity contribution < 1.29 is 18.7 Å². The molecule has 190 valence electrons. The van der Waals surface area contributed by atoms with Crippen molar-refractivity contribution in [3.05, 3.63) is 29.7 Å². The number of ether oxygens (including phenoxy) is 1. The normalized spacial score (nSPS) is 22.9. The van der Waals surface area contributed by atoms with E-state index in [0.29, 0.717) is 63.4 Å². The van der Waals surface area contributed by atoms with Gasteiger partial charge >= 0.3 is 0 Å². The zero-order chi connectivity index (χ0) is 24.6. The zero-order valence-corrected chi connectivity index (χ0v) is 20.9. The van der Waals surface area contributed by atoms with Crippen LogP contribution >= 0.6 is 0 Å². The Labute approximate surface area is 205 Å². The first kappa shape index (κ1) is 23.9. The lowest BCUT2D eigenvalue weighted by Crippen LogP contribution is -2.47. The van der Waals surface area contributed by atoms with Gasteiger partial charge in [0.2, 0.25) is 17.7 Å². The second-order valence-electron chi connectivity index (χ2n) is 10.4. The Morgan fingerprint density at radius 3 is 2.49 bits per heavy atom. The van der Waals surface area contributed by atoms with Crippen molar-refractivity contribution in [2.24, 2.45) is 12.5 Å². The predicted molar refractivity (Wildman–Crippen MR) is 125 cm³/mol. The quantitative estimate of drug-likeness (QED) is 0.626. The number of rotatable bonds is 5. The summed E-state index contributed by atoms with van der Waals surface area (Å²) in [6.45, 7) is 8.94. The van der Waals surface area contributed by atoms with Crippen LogP contribution in [0.25, 0.3) is 0 Å². The molecular formula is C24H35N7O4. The molecule has 1 spiro atoms. The molecule has 1 atom stereocenters. The Morgan fingerprint density at radius 2 is 1.86 bits per heavy atom. The van der Waals surface area contributed by atoms with Crippen LogP contribution < -0.4 is 0 Å². The van der Waals surface area contributed by atoms with E-state index in [0.717, 1.165) is 25.8 Å². The van der Waals surface area contributed by atoms with Crippen LogP contribution in [0.2, 0.25) is 0 Å². The number of aryl methyl sites for hydroxylation is 1. The summed E-state index contributed by atoms with van der Waals surface area (Å²) < 4.78 is 13.1. The molecule has 3 fully saturated rings. The minimum Gasteiger partial charge on any atom is -0.423 e. The van der Waals surface area contributed by atoms with Crippen LogP contribution in [-0.2, 0) is 16.6 Å². The molecule has 3 aliphatic rings. The maximum absolute atomic E-state index is 13.1.